The number of furan rings is 1. The van der Waals surface area contributed by atoms with E-state index in [-0.39, 0.29) is 6.10 Å². The van der Waals surface area contributed by atoms with Crippen molar-refractivity contribution in [1.82, 2.24) is 4.90 Å². The molecule has 2 aliphatic heterocycles. The summed E-state index contributed by atoms with van der Waals surface area (Å²) < 4.78 is 11.8. The van der Waals surface area contributed by atoms with E-state index in [2.05, 4.69) is 4.90 Å². The summed E-state index contributed by atoms with van der Waals surface area (Å²) in [5.41, 5.74) is 1.96. The summed E-state index contributed by atoms with van der Waals surface area (Å²) in [4.78, 5) is 2.44. The molecule has 1 aromatic carbocycles. The van der Waals surface area contributed by atoms with Crippen molar-refractivity contribution in [2.24, 2.45) is 0 Å². The summed E-state index contributed by atoms with van der Waals surface area (Å²) in [6.07, 6.45) is 1.56. The van der Waals surface area contributed by atoms with Crippen LogP contribution in [-0.4, -0.2) is 41.8 Å². The summed E-state index contributed by atoms with van der Waals surface area (Å²) in [6.45, 7) is 4.66. The monoisotopic (exact) mass is 287 g/mol. The molecule has 3 atom stereocenters. The highest BCUT2D eigenvalue weighted by Crippen LogP contribution is 2.32. The molecule has 0 spiro atoms. The molecule has 0 aliphatic carbocycles. The number of morpholine rings is 1. The number of fused-ring (bicyclic) bond motifs is 2. The Balaban J connectivity index is 1.58. The molecule has 21 heavy (non-hydrogen) atoms. The molecule has 0 amide bonds. The van der Waals surface area contributed by atoms with Gasteiger partial charge in [-0.1, -0.05) is 18.2 Å². The number of para-hydroxylation sites is 1. The molecule has 2 fully saturated rings. The normalized spacial score (nSPS) is 27.9. The molecule has 0 bridgehead atoms. The predicted octanol–water partition coefficient (Wildman–Crippen LogP) is 2.64. The molecule has 0 saturated carbocycles. The Kier molecular flexibility index (Phi) is 3.25. The number of nitrogens with zero attached hydrogens (tertiary/aromatic N) is 1. The molecule has 4 nitrogen and oxygen atoms in total. The molecule has 4 rings (SSSR count). The van der Waals surface area contributed by atoms with Crippen molar-refractivity contribution in [1.29, 1.82) is 0 Å². The fourth-order valence-electron chi connectivity index (χ4n) is 3.59. The third kappa shape index (κ3) is 2.27. The van der Waals surface area contributed by atoms with Crippen LogP contribution in [-0.2, 0) is 4.74 Å². The molecule has 4 heteroatoms. The molecule has 0 radical (unpaired) electrons. The van der Waals surface area contributed by atoms with Gasteiger partial charge in [0.15, 0.2) is 0 Å². The van der Waals surface area contributed by atoms with Gasteiger partial charge in [0.2, 0.25) is 0 Å². The Labute approximate surface area is 124 Å². The third-order valence-corrected chi connectivity index (χ3v) is 4.82. The second-order valence-electron chi connectivity index (χ2n) is 6.25. The van der Waals surface area contributed by atoms with Gasteiger partial charge in [-0.2, -0.15) is 0 Å². The van der Waals surface area contributed by atoms with E-state index in [4.69, 9.17) is 9.15 Å². The van der Waals surface area contributed by atoms with Crippen LogP contribution >= 0.6 is 0 Å². The van der Waals surface area contributed by atoms with E-state index in [1.54, 1.807) is 0 Å². The first-order valence-corrected chi connectivity index (χ1v) is 7.75. The molecular weight excluding hydrogens is 266 g/mol. The SMILES string of the molecule is Cc1cccc2cc(C(O)C3CN4CCCC4CO3)oc12. The summed E-state index contributed by atoms with van der Waals surface area (Å²) in [6, 6.07) is 8.53. The highest BCUT2D eigenvalue weighted by atomic mass is 16.5. The fraction of sp³-hybridized carbons (Fsp3) is 0.529. The minimum Gasteiger partial charge on any atom is -0.458 e. The third-order valence-electron chi connectivity index (χ3n) is 4.82. The van der Waals surface area contributed by atoms with Crippen molar-refractivity contribution in [2.75, 3.05) is 19.7 Å². The van der Waals surface area contributed by atoms with Crippen LogP contribution in [0.25, 0.3) is 11.0 Å². The van der Waals surface area contributed by atoms with Gasteiger partial charge in [-0.05, 0) is 37.9 Å². The van der Waals surface area contributed by atoms with Crippen LogP contribution in [0.1, 0.15) is 30.3 Å². The Morgan fingerprint density at radius 2 is 2.29 bits per heavy atom. The summed E-state index contributed by atoms with van der Waals surface area (Å²) in [5.74, 6) is 0.613. The second-order valence-corrected chi connectivity index (χ2v) is 6.25. The van der Waals surface area contributed by atoms with Gasteiger partial charge >= 0.3 is 0 Å². The zero-order valence-electron chi connectivity index (χ0n) is 12.3. The van der Waals surface area contributed by atoms with Crippen molar-refractivity contribution in [3.05, 3.63) is 35.6 Å². The maximum absolute atomic E-state index is 10.6. The molecule has 3 unspecified atom stereocenters. The molecule has 1 aromatic heterocycles. The Morgan fingerprint density at radius 1 is 1.38 bits per heavy atom. The Bertz CT molecular complexity index is 651. The van der Waals surface area contributed by atoms with Gasteiger partial charge < -0.3 is 14.3 Å². The van der Waals surface area contributed by atoms with Gasteiger partial charge in [-0.3, -0.25) is 4.90 Å². The van der Waals surface area contributed by atoms with E-state index in [0.717, 1.165) is 36.2 Å². The van der Waals surface area contributed by atoms with E-state index in [9.17, 15) is 5.11 Å². The van der Waals surface area contributed by atoms with Crippen molar-refractivity contribution in [2.45, 2.75) is 38.0 Å². The second kappa shape index (κ2) is 5.13. The van der Waals surface area contributed by atoms with Gasteiger partial charge in [-0.25, -0.2) is 0 Å². The molecule has 2 aliphatic rings. The van der Waals surface area contributed by atoms with E-state index < -0.39 is 6.10 Å². The zero-order chi connectivity index (χ0) is 14.4. The highest BCUT2D eigenvalue weighted by Gasteiger charge is 2.36. The van der Waals surface area contributed by atoms with E-state index in [1.165, 1.54) is 12.8 Å². The first-order chi connectivity index (χ1) is 10.2. The highest BCUT2D eigenvalue weighted by molar-refractivity contribution is 5.80. The van der Waals surface area contributed by atoms with Crippen molar-refractivity contribution >= 4 is 11.0 Å². The number of rotatable bonds is 2. The lowest BCUT2D eigenvalue weighted by Gasteiger charge is -2.36. The Morgan fingerprint density at radius 3 is 3.14 bits per heavy atom. The molecule has 2 aromatic rings. The molecule has 112 valence electrons. The van der Waals surface area contributed by atoms with E-state index >= 15 is 0 Å². The van der Waals surface area contributed by atoms with Crippen LogP contribution in [0, 0.1) is 6.92 Å². The number of benzene rings is 1. The average molecular weight is 287 g/mol. The van der Waals surface area contributed by atoms with Crippen molar-refractivity contribution in [3.63, 3.8) is 0 Å². The molecule has 1 N–H and O–H groups in total. The lowest BCUT2D eigenvalue weighted by atomic mass is 10.1. The van der Waals surface area contributed by atoms with Gasteiger partial charge in [0, 0.05) is 18.0 Å². The van der Waals surface area contributed by atoms with E-state index in [1.807, 2.05) is 31.2 Å². The number of aryl methyl sites for hydroxylation is 1. The topological polar surface area (TPSA) is 45.8 Å². The smallest absolute Gasteiger partial charge is 0.139 e. The number of hydrogen-bond acceptors (Lipinski definition) is 4. The maximum atomic E-state index is 10.6. The lowest BCUT2D eigenvalue weighted by molar-refractivity contribution is -0.108. The van der Waals surface area contributed by atoms with Gasteiger partial charge in [0.25, 0.3) is 0 Å². The van der Waals surface area contributed by atoms with Gasteiger partial charge in [-0.15, -0.1) is 0 Å². The first-order valence-electron chi connectivity index (χ1n) is 7.75. The molecule has 2 saturated heterocycles. The van der Waals surface area contributed by atoms with Crippen molar-refractivity contribution < 1.29 is 14.3 Å². The summed E-state index contributed by atoms with van der Waals surface area (Å²) in [5, 5.41) is 11.7. The lowest BCUT2D eigenvalue weighted by Crippen LogP contribution is -2.48. The van der Waals surface area contributed by atoms with Gasteiger partial charge in [0.05, 0.1) is 6.61 Å². The van der Waals surface area contributed by atoms with Crippen LogP contribution in [0.2, 0.25) is 0 Å². The average Bonchev–Trinajstić information content (AvgIpc) is 3.12. The van der Waals surface area contributed by atoms with Crippen molar-refractivity contribution in [3.8, 4) is 0 Å². The van der Waals surface area contributed by atoms with Crippen LogP contribution < -0.4 is 0 Å². The zero-order valence-corrected chi connectivity index (χ0v) is 12.3. The van der Waals surface area contributed by atoms with Crippen LogP contribution in [0.3, 0.4) is 0 Å². The van der Waals surface area contributed by atoms with Crippen LogP contribution in [0.5, 0.6) is 0 Å². The predicted molar refractivity (Wildman–Crippen MR) is 80.2 cm³/mol. The quantitative estimate of drug-likeness (QED) is 0.922. The van der Waals surface area contributed by atoms with E-state index in [0.29, 0.717) is 11.8 Å². The summed E-state index contributed by atoms with van der Waals surface area (Å²) in [7, 11) is 0. The summed E-state index contributed by atoms with van der Waals surface area (Å²) >= 11 is 0. The maximum Gasteiger partial charge on any atom is 0.139 e. The van der Waals surface area contributed by atoms with Gasteiger partial charge in [0.1, 0.15) is 23.6 Å². The minimum atomic E-state index is -0.696. The first kappa shape index (κ1) is 13.3. The minimum absolute atomic E-state index is 0.194. The number of hydrogen-bond donors (Lipinski definition) is 1. The van der Waals surface area contributed by atoms with Crippen LogP contribution in [0.15, 0.2) is 28.7 Å². The Hall–Kier alpha value is -1.36. The molecular formula is C17H21NO3. The standard InChI is InChI=1S/C17H21NO3/c1-11-4-2-5-12-8-14(21-17(11)12)16(19)15-9-18-7-3-6-13(18)10-20-15/h2,4-5,8,13,15-16,19H,3,6-7,9-10H2,1H3. The number of ether oxygens (including phenoxy) is 1. The van der Waals surface area contributed by atoms with Crippen LogP contribution in [0.4, 0.5) is 0 Å². The molecule has 3 heterocycles. The number of aliphatic hydroxyl groups excluding tert-OH is 1. The fourth-order valence-corrected chi connectivity index (χ4v) is 3.59. The number of aliphatic hydroxyl groups is 1. The largest absolute Gasteiger partial charge is 0.458 e.